The zero-order valence-corrected chi connectivity index (χ0v) is 13.8. The minimum Gasteiger partial charge on any atom is -0.404 e. The molecule has 1 N–H and O–H groups in total. The predicted molar refractivity (Wildman–Crippen MR) is 75.7 cm³/mol. The van der Waals surface area contributed by atoms with Gasteiger partial charge in [-0.1, -0.05) is 29.8 Å². The fourth-order valence-electron chi connectivity index (χ4n) is 1.50. The second kappa shape index (κ2) is 6.97. The zero-order chi connectivity index (χ0) is 16.3. The molecule has 0 spiro atoms. The van der Waals surface area contributed by atoms with Crippen LogP contribution in [0.3, 0.4) is 0 Å². The van der Waals surface area contributed by atoms with Crippen molar-refractivity contribution in [1.29, 1.82) is 0 Å². The molecule has 0 bridgehead atoms. The van der Waals surface area contributed by atoms with Crippen molar-refractivity contribution in [3.63, 3.8) is 0 Å². The van der Waals surface area contributed by atoms with E-state index >= 15 is 0 Å². The number of rotatable bonds is 6. The standard InChI is InChI=1S/C12H15BrF3NO3S/c1-8(2)6-17-7-21(18,19)11-4-3-9(13)5-10(11)20-12(14,15)16/h3-5,8,17H,6-7H2,1-2H3. The molecule has 0 aliphatic carbocycles. The lowest BCUT2D eigenvalue weighted by Crippen LogP contribution is -2.27. The van der Waals surface area contributed by atoms with Crippen molar-refractivity contribution in [2.24, 2.45) is 5.92 Å². The summed E-state index contributed by atoms with van der Waals surface area (Å²) in [6, 6.07) is 3.40. The molecule has 0 unspecified atom stereocenters. The Labute approximate surface area is 129 Å². The van der Waals surface area contributed by atoms with Crippen LogP contribution in [-0.2, 0) is 9.84 Å². The Morgan fingerprint density at radius 2 is 1.95 bits per heavy atom. The summed E-state index contributed by atoms with van der Waals surface area (Å²) in [4.78, 5) is -0.501. The third-order valence-corrected chi connectivity index (χ3v) is 4.40. The molecule has 0 atom stereocenters. The summed E-state index contributed by atoms with van der Waals surface area (Å²) in [5, 5.41) is 2.69. The Bertz CT molecular complexity index is 588. The average Bonchev–Trinajstić information content (AvgIpc) is 2.25. The van der Waals surface area contributed by atoms with E-state index in [0.29, 0.717) is 6.54 Å². The van der Waals surface area contributed by atoms with E-state index in [1.165, 1.54) is 6.07 Å². The van der Waals surface area contributed by atoms with Gasteiger partial charge in [-0.2, -0.15) is 0 Å². The van der Waals surface area contributed by atoms with Gasteiger partial charge in [0.05, 0.1) is 0 Å². The monoisotopic (exact) mass is 389 g/mol. The lowest BCUT2D eigenvalue weighted by molar-refractivity contribution is -0.275. The van der Waals surface area contributed by atoms with Gasteiger partial charge in [-0.25, -0.2) is 8.42 Å². The first-order chi connectivity index (χ1) is 9.51. The van der Waals surface area contributed by atoms with Gasteiger partial charge in [0.1, 0.15) is 16.5 Å². The second-order valence-electron chi connectivity index (χ2n) is 4.75. The van der Waals surface area contributed by atoms with Crippen molar-refractivity contribution in [3.8, 4) is 5.75 Å². The lowest BCUT2D eigenvalue weighted by Gasteiger charge is -2.14. The lowest BCUT2D eigenvalue weighted by atomic mass is 10.2. The van der Waals surface area contributed by atoms with Crippen LogP contribution in [0.2, 0.25) is 0 Å². The van der Waals surface area contributed by atoms with Crippen LogP contribution in [0.15, 0.2) is 27.6 Å². The van der Waals surface area contributed by atoms with Gasteiger partial charge in [-0.05, 0) is 30.7 Å². The van der Waals surface area contributed by atoms with Gasteiger partial charge in [-0.3, -0.25) is 0 Å². The number of alkyl halides is 3. The van der Waals surface area contributed by atoms with E-state index in [-0.39, 0.29) is 10.4 Å². The molecule has 4 nitrogen and oxygen atoms in total. The molecule has 0 heterocycles. The molecule has 1 rings (SSSR count). The van der Waals surface area contributed by atoms with Gasteiger partial charge >= 0.3 is 6.36 Å². The van der Waals surface area contributed by atoms with Crippen LogP contribution < -0.4 is 10.1 Å². The van der Waals surface area contributed by atoms with E-state index < -0.39 is 32.7 Å². The molecule has 0 amide bonds. The molecule has 0 aliphatic heterocycles. The molecular formula is C12H15BrF3NO3S. The Kier molecular flexibility index (Phi) is 6.06. The predicted octanol–water partition coefficient (Wildman–Crippen LogP) is 3.32. The fraction of sp³-hybridized carbons (Fsp3) is 0.500. The van der Waals surface area contributed by atoms with Gasteiger partial charge in [0.2, 0.25) is 0 Å². The van der Waals surface area contributed by atoms with E-state index in [1.807, 2.05) is 13.8 Å². The van der Waals surface area contributed by atoms with Crippen molar-refractivity contribution in [3.05, 3.63) is 22.7 Å². The number of benzene rings is 1. The first-order valence-corrected chi connectivity index (χ1v) is 8.44. The SMILES string of the molecule is CC(C)CNCS(=O)(=O)c1ccc(Br)cc1OC(F)(F)F. The maximum Gasteiger partial charge on any atom is 0.573 e. The second-order valence-corrected chi connectivity index (χ2v) is 7.62. The molecule has 0 fully saturated rings. The van der Waals surface area contributed by atoms with Crippen LogP contribution in [0.4, 0.5) is 13.2 Å². The van der Waals surface area contributed by atoms with Crippen molar-refractivity contribution in [1.82, 2.24) is 5.32 Å². The number of sulfone groups is 1. The summed E-state index contributed by atoms with van der Waals surface area (Å²) in [6.45, 7) is 4.21. The summed E-state index contributed by atoms with van der Waals surface area (Å²) in [6.07, 6.45) is -4.96. The topological polar surface area (TPSA) is 55.4 Å². The van der Waals surface area contributed by atoms with Gasteiger partial charge in [0.15, 0.2) is 9.84 Å². The summed E-state index contributed by atoms with van der Waals surface area (Å²) in [5.74, 6) is -0.986. The Morgan fingerprint density at radius 1 is 1.33 bits per heavy atom. The number of hydrogen-bond donors (Lipinski definition) is 1. The smallest absolute Gasteiger partial charge is 0.404 e. The minimum absolute atomic E-state index is 0.219. The largest absolute Gasteiger partial charge is 0.573 e. The number of hydrogen-bond acceptors (Lipinski definition) is 4. The molecule has 0 radical (unpaired) electrons. The van der Waals surface area contributed by atoms with E-state index in [1.54, 1.807) is 0 Å². The first-order valence-electron chi connectivity index (χ1n) is 6.00. The Morgan fingerprint density at radius 3 is 2.48 bits per heavy atom. The summed E-state index contributed by atoms with van der Waals surface area (Å²) in [5.41, 5.74) is 0. The first kappa shape index (κ1) is 18.2. The van der Waals surface area contributed by atoms with Crippen LogP contribution in [0.25, 0.3) is 0 Å². The highest BCUT2D eigenvalue weighted by Gasteiger charge is 2.34. The highest BCUT2D eigenvalue weighted by atomic mass is 79.9. The van der Waals surface area contributed by atoms with Gasteiger partial charge in [-0.15, -0.1) is 13.2 Å². The zero-order valence-electron chi connectivity index (χ0n) is 11.4. The maximum atomic E-state index is 12.4. The van der Waals surface area contributed by atoms with Crippen molar-refractivity contribution < 1.29 is 26.3 Å². The highest BCUT2D eigenvalue weighted by Crippen LogP contribution is 2.32. The molecule has 120 valence electrons. The quantitative estimate of drug-likeness (QED) is 0.810. The van der Waals surface area contributed by atoms with E-state index in [9.17, 15) is 21.6 Å². The van der Waals surface area contributed by atoms with Crippen molar-refractivity contribution in [2.45, 2.75) is 25.1 Å². The fourth-order valence-corrected chi connectivity index (χ4v) is 3.07. The molecule has 0 saturated heterocycles. The van der Waals surface area contributed by atoms with Gasteiger partial charge in [0.25, 0.3) is 0 Å². The van der Waals surface area contributed by atoms with E-state index in [2.05, 4.69) is 26.0 Å². The molecule has 9 heteroatoms. The summed E-state index contributed by atoms with van der Waals surface area (Å²) in [7, 11) is -3.93. The van der Waals surface area contributed by atoms with Gasteiger partial charge < -0.3 is 10.1 Å². The molecule has 1 aromatic carbocycles. The Hall–Kier alpha value is -0.800. The van der Waals surface area contributed by atoms with Crippen LogP contribution in [0.1, 0.15) is 13.8 Å². The van der Waals surface area contributed by atoms with Crippen LogP contribution in [0, 0.1) is 5.92 Å². The third-order valence-electron chi connectivity index (χ3n) is 2.31. The minimum atomic E-state index is -4.96. The summed E-state index contributed by atoms with van der Waals surface area (Å²) >= 11 is 2.98. The molecule has 21 heavy (non-hydrogen) atoms. The highest BCUT2D eigenvalue weighted by molar-refractivity contribution is 9.10. The molecule has 0 saturated carbocycles. The van der Waals surface area contributed by atoms with E-state index in [0.717, 1.165) is 12.1 Å². The number of ether oxygens (including phenoxy) is 1. The van der Waals surface area contributed by atoms with Crippen molar-refractivity contribution >= 4 is 25.8 Å². The van der Waals surface area contributed by atoms with E-state index in [4.69, 9.17) is 0 Å². The number of nitrogens with one attached hydrogen (secondary N) is 1. The molecular weight excluding hydrogens is 375 g/mol. The number of halogens is 4. The normalized spacial score (nSPS) is 12.7. The molecule has 0 aromatic heterocycles. The van der Waals surface area contributed by atoms with Crippen LogP contribution in [0.5, 0.6) is 5.75 Å². The molecule has 1 aromatic rings. The van der Waals surface area contributed by atoms with Crippen LogP contribution in [-0.4, -0.2) is 27.2 Å². The van der Waals surface area contributed by atoms with Crippen molar-refractivity contribution in [2.75, 3.05) is 12.4 Å². The van der Waals surface area contributed by atoms with Gasteiger partial charge in [0, 0.05) is 4.47 Å². The molecule has 0 aliphatic rings. The Balaban J connectivity index is 3.05. The van der Waals surface area contributed by atoms with Crippen LogP contribution >= 0.6 is 15.9 Å². The third kappa shape index (κ3) is 6.23. The average molecular weight is 390 g/mol. The summed E-state index contributed by atoms with van der Waals surface area (Å²) < 4.78 is 65.3. The maximum absolute atomic E-state index is 12.4.